The molecular formula is C20H24F2N2O3S. The molecule has 1 unspecified atom stereocenters. The van der Waals surface area contributed by atoms with Crippen molar-refractivity contribution in [2.24, 2.45) is 0 Å². The highest BCUT2D eigenvalue weighted by Crippen LogP contribution is 2.24. The van der Waals surface area contributed by atoms with Crippen molar-refractivity contribution in [2.75, 3.05) is 17.1 Å². The van der Waals surface area contributed by atoms with E-state index < -0.39 is 34.1 Å². The third kappa shape index (κ3) is 5.07. The van der Waals surface area contributed by atoms with Gasteiger partial charge in [-0.2, -0.15) is 0 Å². The lowest BCUT2D eigenvalue weighted by atomic mass is 9.96. The molecule has 2 aromatic rings. The fourth-order valence-electron chi connectivity index (χ4n) is 3.01. The highest BCUT2D eigenvalue weighted by Gasteiger charge is 2.25. The van der Waals surface area contributed by atoms with Crippen molar-refractivity contribution >= 4 is 21.6 Å². The Labute approximate surface area is 164 Å². The fraction of sp³-hybridized carbons (Fsp3) is 0.350. The zero-order valence-corrected chi connectivity index (χ0v) is 17.3. The summed E-state index contributed by atoms with van der Waals surface area (Å²) in [5.74, 6) is -2.49. The predicted octanol–water partition coefficient (Wildman–Crippen LogP) is 3.53. The normalized spacial score (nSPS) is 12.5. The van der Waals surface area contributed by atoms with E-state index in [9.17, 15) is 22.0 Å². The summed E-state index contributed by atoms with van der Waals surface area (Å²) >= 11 is 0. The van der Waals surface area contributed by atoms with Crippen LogP contribution in [0.2, 0.25) is 0 Å². The maximum atomic E-state index is 14.1. The number of nitrogens with zero attached hydrogens (tertiary/aromatic N) is 1. The molecule has 0 aliphatic heterocycles. The smallest absolute Gasteiger partial charge is 0.241 e. The summed E-state index contributed by atoms with van der Waals surface area (Å²) in [4.78, 5) is 12.5. The highest BCUT2D eigenvalue weighted by molar-refractivity contribution is 7.92. The first-order valence-corrected chi connectivity index (χ1v) is 10.5. The van der Waals surface area contributed by atoms with Crippen LogP contribution < -0.4 is 9.62 Å². The van der Waals surface area contributed by atoms with Gasteiger partial charge in [0.25, 0.3) is 0 Å². The number of hydrogen-bond acceptors (Lipinski definition) is 3. The van der Waals surface area contributed by atoms with Gasteiger partial charge in [-0.3, -0.25) is 9.10 Å². The van der Waals surface area contributed by atoms with Gasteiger partial charge in [-0.25, -0.2) is 17.2 Å². The van der Waals surface area contributed by atoms with Gasteiger partial charge in [-0.05, 0) is 62.1 Å². The monoisotopic (exact) mass is 410 g/mol. The molecule has 0 heterocycles. The second kappa shape index (κ2) is 8.26. The van der Waals surface area contributed by atoms with E-state index in [1.165, 1.54) is 0 Å². The van der Waals surface area contributed by atoms with Crippen molar-refractivity contribution in [3.05, 3.63) is 64.2 Å². The number of sulfonamides is 1. The van der Waals surface area contributed by atoms with Crippen LogP contribution in [0, 0.1) is 32.4 Å². The Morgan fingerprint density at radius 3 is 2.25 bits per heavy atom. The molecule has 152 valence electrons. The lowest BCUT2D eigenvalue weighted by Crippen LogP contribution is -2.41. The molecule has 0 aliphatic rings. The van der Waals surface area contributed by atoms with Crippen LogP contribution in [0.15, 0.2) is 30.3 Å². The van der Waals surface area contributed by atoms with Crippen LogP contribution in [0.25, 0.3) is 0 Å². The molecule has 1 N–H and O–H groups in total. The molecule has 0 fully saturated rings. The van der Waals surface area contributed by atoms with Crippen LogP contribution in [0.1, 0.15) is 35.2 Å². The van der Waals surface area contributed by atoms with Gasteiger partial charge in [-0.15, -0.1) is 0 Å². The molecule has 0 aliphatic carbocycles. The van der Waals surface area contributed by atoms with Crippen molar-refractivity contribution < 1.29 is 22.0 Å². The highest BCUT2D eigenvalue weighted by atomic mass is 32.2. The number of anilines is 1. The Balaban J connectivity index is 2.24. The second-order valence-electron chi connectivity index (χ2n) is 6.95. The summed E-state index contributed by atoms with van der Waals surface area (Å²) in [6.45, 7) is 7.07. The molecule has 0 spiro atoms. The lowest BCUT2D eigenvalue weighted by Gasteiger charge is -2.24. The minimum atomic E-state index is -3.96. The van der Waals surface area contributed by atoms with Gasteiger partial charge in [-0.1, -0.05) is 12.1 Å². The van der Waals surface area contributed by atoms with Crippen LogP contribution in [0.3, 0.4) is 0 Å². The standard InChI is InChI=1S/C20H24F2N2O3S/c1-12-8-14(3)17(9-13(12)2)15(4)23-20(25)11-24(28(5,26)27)19-7-6-16(21)10-18(19)22/h6-10,15H,11H2,1-5H3,(H,23,25). The second-order valence-corrected chi connectivity index (χ2v) is 8.85. The molecule has 5 nitrogen and oxygen atoms in total. The van der Waals surface area contributed by atoms with Crippen LogP contribution >= 0.6 is 0 Å². The predicted molar refractivity (Wildman–Crippen MR) is 106 cm³/mol. The summed E-state index contributed by atoms with van der Waals surface area (Å²) in [6.07, 6.45) is 0.861. The number of carbonyl (C=O) groups is 1. The lowest BCUT2D eigenvalue weighted by molar-refractivity contribution is -0.120. The fourth-order valence-corrected chi connectivity index (χ4v) is 3.87. The van der Waals surface area contributed by atoms with E-state index in [1.807, 2.05) is 32.9 Å². The van der Waals surface area contributed by atoms with Gasteiger partial charge in [0.1, 0.15) is 18.2 Å². The zero-order valence-electron chi connectivity index (χ0n) is 16.5. The summed E-state index contributed by atoms with van der Waals surface area (Å²) in [7, 11) is -3.96. The van der Waals surface area contributed by atoms with Crippen LogP contribution in [0.4, 0.5) is 14.5 Å². The van der Waals surface area contributed by atoms with Gasteiger partial charge in [0, 0.05) is 6.07 Å². The largest absolute Gasteiger partial charge is 0.348 e. The number of amides is 1. The van der Waals surface area contributed by atoms with Crippen LogP contribution in [-0.2, 0) is 14.8 Å². The third-order valence-corrected chi connectivity index (χ3v) is 5.72. The third-order valence-electron chi connectivity index (χ3n) is 4.59. The molecular weight excluding hydrogens is 386 g/mol. The molecule has 0 aromatic heterocycles. The maximum Gasteiger partial charge on any atom is 0.241 e. The molecule has 0 saturated heterocycles. The average Bonchev–Trinajstić information content (AvgIpc) is 2.55. The summed E-state index contributed by atoms with van der Waals surface area (Å²) in [5, 5.41) is 2.75. The zero-order chi connectivity index (χ0) is 21.2. The SMILES string of the molecule is Cc1cc(C)c(C(C)NC(=O)CN(c2ccc(F)cc2F)S(C)(=O)=O)cc1C. The Kier molecular flexibility index (Phi) is 6.44. The van der Waals surface area contributed by atoms with Crippen LogP contribution in [0.5, 0.6) is 0 Å². The number of carbonyl (C=O) groups excluding carboxylic acids is 1. The quantitative estimate of drug-likeness (QED) is 0.792. The number of hydrogen-bond donors (Lipinski definition) is 1. The summed E-state index contributed by atoms with van der Waals surface area (Å²) < 4.78 is 52.0. The van der Waals surface area contributed by atoms with Crippen molar-refractivity contribution in [2.45, 2.75) is 33.7 Å². The first-order chi connectivity index (χ1) is 12.9. The Hall–Kier alpha value is -2.48. The van der Waals surface area contributed by atoms with E-state index in [0.717, 1.165) is 40.6 Å². The molecule has 8 heteroatoms. The molecule has 28 heavy (non-hydrogen) atoms. The van der Waals surface area contributed by atoms with Crippen molar-refractivity contribution in [3.8, 4) is 0 Å². The van der Waals surface area contributed by atoms with E-state index in [1.54, 1.807) is 6.92 Å². The van der Waals surface area contributed by atoms with Crippen molar-refractivity contribution in [1.29, 1.82) is 0 Å². The summed E-state index contributed by atoms with van der Waals surface area (Å²) in [6, 6.07) is 6.14. The van der Waals surface area contributed by atoms with Gasteiger partial charge >= 0.3 is 0 Å². The van der Waals surface area contributed by atoms with E-state index in [-0.39, 0.29) is 11.7 Å². The molecule has 2 rings (SSSR count). The number of benzene rings is 2. The molecule has 0 bridgehead atoms. The number of aryl methyl sites for hydroxylation is 3. The number of halogens is 2. The first-order valence-electron chi connectivity index (χ1n) is 8.70. The van der Waals surface area contributed by atoms with Crippen molar-refractivity contribution in [1.82, 2.24) is 5.32 Å². The van der Waals surface area contributed by atoms with Gasteiger partial charge in [0.2, 0.25) is 15.9 Å². The van der Waals surface area contributed by atoms with Gasteiger partial charge in [0.05, 0.1) is 18.0 Å². The number of nitrogens with one attached hydrogen (secondary N) is 1. The minimum absolute atomic E-state index is 0.369. The minimum Gasteiger partial charge on any atom is -0.348 e. The van der Waals surface area contributed by atoms with E-state index >= 15 is 0 Å². The molecule has 1 atom stereocenters. The Bertz CT molecular complexity index is 1010. The van der Waals surface area contributed by atoms with E-state index in [0.29, 0.717) is 10.4 Å². The molecule has 1 amide bonds. The first kappa shape index (κ1) is 21.8. The van der Waals surface area contributed by atoms with Crippen molar-refractivity contribution in [3.63, 3.8) is 0 Å². The van der Waals surface area contributed by atoms with Crippen LogP contribution in [-0.4, -0.2) is 27.1 Å². The molecule has 0 radical (unpaired) electrons. The maximum absolute atomic E-state index is 14.1. The number of rotatable bonds is 6. The van der Waals surface area contributed by atoms with Gasteiger partial charge < -0.3 is 5.32 Å². The summed E-state index contributed by atoms with van der Waals surface area (Å²) in [5.41, 5.74) is 3.74. The van der Waals surface area contributed by atoms with Gasteiger partial charge in [0.15, 0.2) is 0 Å². The topological polar surface area (TPSA) is 66.5 Å². The molecule has 2 aromatic carbocycles. The van der Waals surface area contributed by atoms with E-state index in [4.69, 9.17) is 0 Å². The average molecular weight is 410 g/mol. The van der Waals surface area contributed by atoms with E-state index in [2.05, 4.69) is 5.32 Å². The Morgan fingerprint density at radius 1 is 1.07 bits per heavy atom. The Morgan fingerprint density at radius 2 is 1.68 bits per heavy atom. The molecule has 0 saturated carbocycles.